The first-order valence-corrected chi connectivity index (χ1v) is 5.98. The van der Waals surface area contributed by atoms with Crippen molar-refractivity contribution in [3.05, 3.63) is 24.0 Å². The first-order valence-electron chi connectivity index (χ1n) is 5.98. The topological polar surface area (TPSA) is 28.2 Å². The summed E-state index contributed by atoms with van der Waals surface area (Å²) in [6.07, 6.45) is -2.08. The predicted molar refractivity (Wildman–Crippen MR) is 63.5 cm³/mol. The summed E-state index contributed by atoms with van der Waals surface area (Å²) in [6, 6.07) is 2.86. The Morgan fingerprint density at radius 3 is 2.78 bits per heavy atom. The molecular formula is C12H16F3N3. The molecule has 0 aromatic carbocycles. The molecule has 1 atom stereocenters. The SMILES string of the molecule is CC1CN(c2ccc(C(F)(F)F)nc2)CCCN1. The van der Waals surface area contributed by atoms with E-state index in [1.807, 2.05) is 0 Å². The van der Waals surface area contributed by atoms with Gasteiger partial charge in [-0.2, -0.15) is 13.2 Å². The first kappa shape index (κ1) is 13.1. The van der Waals surface area contributed by atoms with Crippen LogP contribution in [0.5, 0.6) is 0 Å². The molecule has 1 unspecified atom stereocenters. The van der Waals surface area contributed by atoms with Crippen molar-refractivity contribution in [2.24, 2.45) is 0 Å². The lowest BCUT2D eigenvalue weighted by atomic mass is 10.2. The highest BCUT2D eigenvalue weighted by Crippen LogP contribution is 2.28. The van der Waals surface area contributed by atoms with E-state index in [4.69, 9.17) is 0 Å². The second kappa shape index (κ2) is 5.14. The van der Waals surface area contributed by atoms with Gasteiger partial charge in [-0.3, -0.25) is 0 Å². The van der Waals surface area contributed by atoms with Crippen molar-refractivity contribution in [1.82, 2.24) is 10.3 Å². The molecule has 1 saturated heterocycles. The van der Waals surface area contributed by atoms with Crippen molar-refractivity contribution in [1.29, 1.82) is 0 Å². The number of hydrogen-bond acceptors (Lipinski definition) is 3. The maximum Gasteiger partial charge on any atom is 0.433 e. The molecule has 1 aromatic rings. The second-order valence-electron chi connectivity index (χ2n) is 4.55. The molecule has 1 fully saturated rings. The summed E-state index contributed by atoms with van der Waals surface area (Å²) in [5.74, 6) is 0. The Morgan fingerprint density at radius 2 is 2.17 bits per heavy atom. The highest BCUT2D eigenvalue weighted by molar-refractivity contribution is 5.45. The number of alkyl halides is 3. The third-order valence-corrected chi connectivity index (χ3v) is 3.00. The lowest BCUT2D eigenvalue weighted by molar-refractivity contribution is -0.141. The van der Waals surface area contributed by atoms with Crippen molar-refractivity contribution in [3.8, 4) is 0 Å². The Labute approximate surface area is 104 Å². The van der Waals surface area contributed by atoms with Crippen LogP contribution in [-0.4, -0.2) is 30.7 Å². The molecule has 1 N–H and O–H groups in total. The third-order valence-electron chi connectivity index (χ3n) is 3.00. The molecule has 0 saturated carbocycles. The van der Waals surface area contributed by atoms with E-state index in [2.05, 4.69) is 22.1 Å². The van der Waals surface area contributed by atoms with Gasteiger partial charge in [0.25, 0.3) is 0 Å². The predicted octanol–water partition coefficient (Wildman–Crippen LogP) is 2.29. The van der Waals surface area contributed by atoms with Crippen LogP contribution in [0.1, 0.15) is 19.0 Å². The Morgan fingerprint density at radius 1 is 1.39 bits per heavy atom. The van der Waals surface area contributed by atoms with Crippen molar-refractivity contribution in [2.45, 2.75) is 25.6 Å². The van der Waals surface area contributed by atoms with Crippen molar-refractivity contribution in [3.63, 3.8) is 0 Å². The van der Waals surface area contributed by atoms with E-state index in [-0.39, 0.29) is 0 Å². The molecule has 0 bridgehead atoms. The Hall–Kier alpha value is -1.30. The average Bonchev–Trinajstić information content (AvgIpc) is 2.53. The summed E-state index contributed by atoms with van der Waals surface area (Å²) in [7, 11) is 0. The summed E-state index contributed by atoms with van der Waals surface area (Å²) < 4.78 is 37.2. The fraction of sp³-hybridized carbons (Fsp3) is 0.583. The molecule has 1 aromatic heterocycles. The molecule has 0 radical (unpaired) electrons. The van der Waals surface area contributed by atoms with E-state index in [9.17, 15) is 13.2 Å². The molecule has 2 rings (SSSR count). The number of hydrogen-bond donors (Lipinski definition) is 1. The third kappa shape index (κ3) is 3.13. The summed E-state index contributed by atoms with van der Waals surface area (Å²) in [5.41, 5.74) is -0.0919. The maximum absolute atomic E-state index is 12.4. The lowest BCUT2D eigenvalue weighted by Gasteiger charge is -2.24. The number of nitrogens with one attached hydrogen (secondary N) is 1. The minimum Gasteiger partial charge on any atom is -0.369 e. The quantitative estimate of drug-likeness (QED) is 0.838. The monoisotopic (exact) mass is 259 g/mol. The van der Waals surface area contributed by atoms with Gasteiger partial charge in [-0.15, -0.1) is 0 Å². The number of pyridine rings is 1. The smallest absolute Gasteiger partial charge is 0.369 e. The van der Waals surface area contributed by atoms with Gasteiger partial charge in [0.05, 0.1) is 11.9 Å². The van der Waals surface area contributed by atoms with Gasteiger partial charge in [0.15, 0.2) is 0 Å². The van der Waals surface area contributed by atoms with Crippen molar-refractivity contribution < 1.29 is 13.2 Å². The molecule has 1 aliphatic rings. The van der Waals surface area contributed by atoms with Crippen LogP contribution in [0.15, 0.2) is 18.3 Å². The molecular weight excluding hydrogens is 243 g/mol. The standard InChI is InChI=1S/C12H16F3N3/c1-9-8-18(6-2-5-16-9)10-3-4-11(17-7-10)12(13,14)15/h3-4,7,9,16H,2,5-6,8H2,1H3. The minimum atomic E-state index is -4.37. The van der Waals surface area contributed by atoms with Gasteiger partial charge in [-0.1, -0.05) is 0 Å². The summed E-state index contributed by atoms with van der Waals surface area (Å²) in [5, 5.41) is 3.34. The number of nitrogens with zero attached hydrogens (tertiary/aromatic N) is 2. The Kier molecular flexibility index (Phi) is 3.75. The lowest BCUT2D eigenvalue weighted by Crippen LogP contribution is -2.35. The first-order chi connectivity index (χ1) is 8.47. The zero-order chi connectivity index (χ0) is 13.2. The van der Waals surface area contributed by atoms with E-state index < -0.39 is 11.9 Å². The average molecular weight is 259 g/mol. The molecule has 0 spiro atoms. The molecule has 3 nitrogen and oxygen atoms in total. The van der Waals surface area contributed by atoms with Gasteiger partial charge < -0.3 is 10.2 Å². The second-order valence-corrected chi connectivity index (χ2v) is 4.55. The van der Waals surface area contributed by atoms with Crippen molar-refractivity contribution >= 4 is 5.69 Å². The van der Waals surface area contributed by atoms with Crippen molar-refractivity contribution in [2.75, 3.05) is 24.5 Å². The van der Waals surface area contributed by atoms with Gasteiger partial charge in [-0.05, 0) is 32.0 Å². The van der Waals surface area contributed by atoms with Gasteiger partial charge >= 0.3 is 6.18 Å². The maximum atomic E-state index is 12.4. The van der Waals surface area contributed by atoms with Crippen LogP contribution in [0, 0.1) is 0 Å². The fourth-order valence-electron chi connectivity index (χ4n) is 2.08. The van der Waals surface area contributed by atoms with E-state index in [1.54, 1.807) is 0 Å². The van der Waals surface area contributed by atoms with E-state index in [0.717, 1.165) is 37.8 Å². The Balaban J connectivity index is 2.13. The molecule has 6 heteroatoms. The summed E-state index contributed by atoms with van der Waals surface area (Å²) >= 11 is 0. The zero-order valence-corrected chi connectivity index (χ0v) is 10.2. The summed E-state index contributed by atoms with van der Waals surface area (Å²) in [6.45, 7) is 4.62. The molecule has 0 aliphatic carbocycles. The summed E-state index contributed by atoms with van der Waals surface area (Å²) in [4.78, 5) is 5.56. The van der Waals surface area contributed by atoms with Gasteiger partial charge in [0.1, 0.15) is 5.69 Å². The minimum absolute atomic E-state index is 0.329. The van der Waals surface area contributed by atoms with Gasteiger partial charge in [-0.25, -0.2) is 4.98 Å². The molecule has 18 heavy (non-hydrogen) atoms. The molecule has 1 aliphatic heterocycles. The Bertz CT molecular complexity index is 389. The van der Waals surface area contributed by atoms with Crippen LogP contribution in [0.25, 0.3) is 0 Å². The molecule has 100 valence electrons. The van der Waals surface area contributed by atoms with E-state index >= 15 is 0 Å². The van der Waals surface area contributed by atoms with Gasteiger partial charge in [0.2, 0.25) is 0 Å². The largest absolute Gasteiger partial charge is 0.433 e. The van der Waals surface area contributed by atoms with Crippen LogP contribution in [0.3, 0.4) is 0 Å². The normalized spacial score (nSPS) is 21.8. The van der Waals surface area contributed by atoms with Crippen LogP contribution < -0.4 is 10.2 Å². The number of aromatic nitrogens is 1. The fourth-order valence-corrected chi connectivity index (χ4v) is 2.08. The number of halogens is 3. The van der Waals surface area contributed by atoms with Crippen LogP contribution in [-0.2, 0) is 6.18 Å². The zero-order valence-electron chi connectivity index (χ0n) is 10.2. The van der Waals surface area contributed by atoms with Gasteiger partial charge in [0, 0.05) is 19.1 Å². The van der Waals surface area contributed by atoms with E-state index in [0.29, 0.717) is 6.04 Å². The van der Waals surface area contributed by atoms with Crippen LogP contribution >= 0.6 is 0 Å². The molecule has 2 heterocycles. The highest BCUT2D eigenvalue weighted by atomic mass is 19.4. The highest BCUT2D eigenvalue weighted by Gasteiger charge is 2.32. The van der Waals surface area contributed by atoms with E-state index in [1.165, 1.54) is 12.3 Å². The molecule has 0 amide bonds. The number of rotatable bonds is 1. The number of anilines is 1. The van der Waals surface area contributed by atoms with Crippen LogP contribution in [0.4, 0.5) is 18.9 Å². The van der Waals surface area contributed by atoms with Crippen LogP contribution in [0.2, 0.25) is 0 Å².